The predicted octanol–water partition coefficient (Wildman–Crippen LogP) is 4.23. The fourth-order valence-corrected chi connectivity index (χ4v) is 3.04. The Bertz CT molecular complexity index is 810. The van der Waals surface area contributed by atoms with Gasteiger partial charge in [-0.25, -0.2) is 18.9 Å². The fourth-order valence-electron chi connectivity index (χ4n) is 2.65. The summed E-state index contributed by atoms with van der Waals surface area (Å²) in [6, 6.07) is 19.5. The molecule has 0 radical (unpaired) electrons. The summed E-state index contributed by atoms with van der Waals surface area (Å²) in [4.78, 5) is 4.41. The number of aromatic nitrogens is 2. The van der Waals surface area contributed by atoms with Gasteiger partial charge in [0.15, 0.2) is 0 Å². The van der Waals surface area contributed by atoms with Crippen LogP contribution >= 0.6 is 0 Å². The Labute approximate surface area is 143 Å². The minimum atomic E-state index is -2.46. The molecule has 4 nitrogen and oxygen atoms in total. The van der Waals surface area contributed by atoms with E-state index in [2.05, 4.69) is 4.98 Å². The zero-order chi connectivity index (χ0) is 17.1. The maximum atomic E-state index is 13.2. The summed E-state index contributed by atoms with van der Waals surface area (Å²) in [6.07, 6.45) is 0. The number of anilines is 2. The highest BCUT2D eigenvalue weighted by Crippen LogP contribution is 2.29. The largest absolute Gasteiger partial charge is 0.248 e. The van der Waals surface area contributed by atoms with Gasteiger partial charge < -0.3 is 0 Å². The minimum Gasteiger partial charge on any atom is -0.248 e. The molecule has 1 unspecified atom stereocenters. The van der Waals surface area contributed by atoms with Crippen molar-refractivity contribution in [2.24, 2.45) is 0 Å². The van der Waals surface area contributed by atoms with E-state index in [0.29, 0.717) is 5.82 Å². The van der Waals surface area contributed by atoms with Crippen LogP contribution in [-0.4, -0.2) is 13.9 Å². The van der Waals surface area contributed by atoms with Crippen molar-refractivity contribution in [3.05, 3.63) is 77.9 Å². The first-order valence-corrected chi connectivity index (χ1v) is 8.80. The van der Waals surface area contributed by atoms with Gasteiger partial charge in [0.1, 0.15) is 11.6 Å². The van der Waals surface area contributed by atoms with Gasteiger partial charge in [-0.05, 0) is 38.1 Å². The second-order valence-corrected chi connectivity index (χ2v) is 6.30. The van der Waals surface area contributed by atoms with Gasteiger partial charge in [-0.15, -0.1) is 3.89 Å². The summed E-state index contributed by atoms with van der Waals surface area (Å²) in [6.45, 7) is 3.79. The first-order valence-electron chi connectivity index (χ1n) is 7.58. The number of halogens is 1. The topological polar surface area (TPSA) is 38.1 Å². The van der Waals surface area contributed by atoms with Crippen LogP contribution < -0.4 is 5.01 Å². The van der Waals surface area contributed by atoms with E-state index in [4.69, 9.17) is 0 Å². The molecule has 24 heavy (non-hydrogen) atoms. The summed E-state index contributed by atoms with van der Waals surface area (Å²) in [5, 5.41) is 1.96. The molecule has 1 aromatic heterocycles. The third-order valence-electron chi connectivity index (χ3n) is 3.83. The van der Waals surface area contributed by atoms with Gasteiger partial charge in [-0.2, -0.15) is 0 Å². The van der Waals surface area contributed by atoms with Gasteiger partial charge in [-0.3, -0.25) is 0 Å². The highest BCUT2D eigenvalue weighted by Gasteiger charge is 2.21. The molecule has 0 aliphatic heterocycles. The molecule has 3 rings (SSSR count). The minimum absolute atomic E-state index is 0.245. The highest BCUT2D eigenvalue weighted by molar-refractivity contribution is 7.78. The molecule has 124 valence electrons. The predicted molar refractivity (Wildman–Crippen MR) is 95.1 cm³/mol. The van der Waals surface area contributed by atoms with Crippen LogP contribution in [0.25, 0.3) is 0 Å². The number of imidazole rings is 1. The maximum Gasteiger partial charge on any atom is 0.206 e. The van der Waals surface area contributed by atoms with Crippen molar-refractivity contribution in [3.8, 4) is 0 Å². The van der Waals surface area contributed by atoms with Crippen LogP contribution in [0.15, 0.2) is 60.7 Å². The van der Waals surface area contributed by atoms with Crippen molar-refractivity contribution in [1.82, 2.24) is 9.66 Å². The summed E-state index contributed by atoms with van der Waals surface area (Å²) in [5.74, 6) is 0.184. The van der Waals surface area contributed by atoms with Crippen molar-refractivity contribution in [2.45, 2.75) is 19.6 Å². The Morgan fingerprint density at radius 1 is 1.00 bits per heavy atom. The normalized spacial score (nSPS) is 12.1. The smallest absolute Gasteiger partial charge is 0.206 e. The average molecular weight is 343 g/mol. The molecule has 0 amide bonds. The lowest BCUT2D eigenvalue weighted by Crippen LogP contribution is -2.27. The molecule has 0 fully saturated rings. The van der Waals surface area contributed by atoms with E-state index >= 15 is 0 Å². The van der Waals surface area contributed by atoms with E-state index in [9.17, 15) is 8.09 Å². The lowest BCUT2D eigenvalue weighted by Gasteiger charge is -2.28. The number of rotatable bonds is 5. The number of hydrogen-bond donors (Lipinski definition) is 0. The molecule has 0 saturated carbocycles. The Morgan fingerprint density at radius 3 is 1.96 bits per heavy atom. The number of hydrogen-bond acceptors (Lipinski definition) is 3. The van der Waals surface area contributed by atoms with Gasteiger partial charge >= 0.3 is 0 Å². The van der Waals surface area contributed by atoms with Crippen molar-refractivity contribution in [2.75, 3.05) is 5.01 Å². The van der Waals surface area contributed by atoms with Gasteiger partial charge in [0, 0.05) is 0 Å². The summed E-state index contributed by atoms with van der Waals surface area (Å²) in [7, 11) is 0. The first-order chi connectivity index (χ1) is 11.6. The second-order valence-electron chi connectivity index (χ2n) is 5.43. The molecule has 2 aromatic carbocycles. The van der Waals surface area contributed by atoms with E-state index in [1.807, 2.05) is 84.2 Å². The molecule has 1 atom stereocenters. The Morgan fingerprint density at radius 2 is 1.50 bits per heavy atom. The standard InChI is InChI=1S/C18H18FN3OS/c1-14-15(2)21(18(20-14)13-24(19)23)22(16-9-5-3-6-10-16)17-11-7-4-8-12-17/h3-12H,13H2,1-2H3. The molecule has 1 heterocycles. The Kier molecular flexibility index (Phi) is 4.76. The Balaban J connectivity index is 2.22. The third-order valence-corrected chi connectivity index (χ3v) is 4.31. The van der Waals surface area contributed by atoms with Crippen LogP contribution in [0.2, 0.25) is 0 Å². The van der Waals surface area contributed by atoms with Crippen LogP contribution in [0.5, 0.6) is 0 Å². The number of aryl methyl sites for hydroxylation is 1. The van der Waals surface area contributed by atoms with Crippen LogP contribution in [0.3, 0.4) is 0 Å². The van der Waals surface area contributed by atoms with E-state index in [1.165, 1.54) is 0 Å². The summed E-state index contributed by atoms with van der Waals surface area (Å²) >= 11 is -2.46. The molecule has 0 bridgehead atoms. The van der Waals surface area contributed by atoms with E-state index in [1.54, 1.807) is 0 Å². The number of nitrogens with zero attached hydrogens (tertiary/aromatic N) is 3. The fraction of sp³-hybridized carbons (Fsp3) is 0.167. The van der Waals surface area contributed by atoms with Gasteiger partial charge in [-0.1, -0.05) is 36.4 Å². The molecular formula is C18H18FN3OS. The van der Waals surface area contributed by atoms with E-state index in [0.717, 1.165) is 22.8 Å². The van der Waals surface area contributed by atoms with Crippen molar-refractivity contribution < 1.29 is 8.09 Å². The van der Waals surface area contributed by atoms with E-state index in [-0.39, 0.29) is 5.75 Å². The van der Waals surface area contributed by atoms with Gasteiger partial charge in [0.2, 0.25) is 11.2 Å². The summed E-state index contributed by atoms with van der Waals surface area (Å²) in [5.41, 5.74) is 3.49. The SMILES string of the molecule is Cc1nc(CS(=O)F)n(N(c2ccccc2)c2ccccc2)c1C. The zero-order valence-corrected chi connectivity index (χ0v) is 14.3. The van der Waals surface area contributed by atoms with Crippen molar-refractivity contribution >= 4 is 22.6 Å². The molecular weight excluding hydrogens is 325 g/mol. The monoisotopic (exact) mass is 343 g/mol. The van der Waals surface area contributed by atoms with E-state index < -0.39 is 11.2 Å². The highest BCUT2D eigenvalue weighted by atomic mass is 32.2. The average Bonchev–Trinajstić information content (AvgIpc) is 2.84. The van der Waals surface area contributed by atoms with Crippen LogP contribution in [0, 0.1) is 13.8 Å². The zero-order valence-electron chi connectivity index (χ0n) is 13.5. The lowest BCUT2D eigenvalue weighted by atomic mass is 10.2. The number of benzene rings is 2. The van der Waals surface area contributed by atoms with Gasteiger partial charge in [0.25, 0.3) is 0 Å². The molecule has 0 aliphatic carbocycles. The molecule has 0 N–H and O–H groups in total. The Hall–Kier alpha value is -2.47. The maximum absolute atomic E-state index is 13.2. The molecule has 6 heteroatoms. The van der Waals surface area contributed by atoms with Crippen molar-refractivity contribution in [3.63, 3.8) is 0 Å². The summed E-state index contributed by atoms with van der Waals surface area (Å²) < 4.78 is 26.2. The lowest BCUT2D eigenvalue weighted by molar-refractivity contribution is 0.642. The van der Waals surface area contributed by atoms with Crippen LogP contribution in [-0.2, 0) is 16.9 Å². The van der Waals surface area contributed by atoms with Crippen LogP contribution in [0.4, 0.5) is 15.3 Å². The molecule has 3 aromatic rings. The number of para-hydroxylation sites is 2. The molecule has 0 aliphatic rings. The third kappa shape index (κ3) is 3.23. The van der Waals surface area contributed by atoms with Gasteiger partial charge in [0.05, 0.1) is 22.8 Å². The van der Waals surface area contributed by atoms with Crippen LogP contribution in [0.1, 0.15) is 17.2 Å². The molecule has 0 saturated heterocycles. The van der Waals surface area contributed by atoms with Crippen molar-refractivity contribution in [1.29, 1.82) is 0 Å². The molecule has 0 spiro atoms. The quantitative estimate of drug-likeness (QED) is 0.651. The first kappa shape index (κ1) is 16.4. The second kappa shape index (κ2) is 6.97.